The molecule has 30 heavy (non-hydrogen) atoms. The Labute approximate surface area is 176 Å². The van der Waals surface area contributed by atoms with Crippen molar-refractivity contribution < 1.29 is 24.9 Å². The van der Waals surface area contributed by atoms with Gasteiger partial charge in [-0.2, -0.15) is 0 Å². The number of benzene rings is 2. The monoisotopic (exact) mass is 406 g/mol. The molecular weight excluding hydrogens is 380 g/mol. The average molecular weight is 406 g/mol. The third-order valence-electron chi connectivity index (χ3n) is 4.80. The zero-order chi connectivity index (χ0) is 22.1. The van der Waals surface area contributed by atoms with Crippen molar-refractivity contribution in [2.24, 2.45) is 0 Å². The summed E-state index contributed by atoms with van der Waals surface area (Å²) in [6.45, 7) is 7.71. The van der Waals surface area contributed by atoms with Crippen LogP contribution in [-0.2, 0) is 6.42 Å². The average Bonchev–Trinajstić information content (AvgIpc) is 2.65. The van der Waals surface area contributed by atoms with Gasteiger partial charge in [0.2, 0.25) is 0 Å². The first-order valence-electron chi connectivity index (χ1n) is 9.71. The van der Waals surface area contributed by atoms with Crippen LogP contribution in [0.5, 0.6) is 17.2 Å². The number of carbonyl (C=O) groups is 1. The molecule has 0 unspecified atom stereocenters. The van der Waals surface area contributed by atoms with Gasteiger partial charge in [-0.25, -0.2) is 0 Å². The molecule has 0 aromatic heterocycles. The molecule has 2 aromatic carbocycles. The summed E-state index contributed by atoms with van der Waals surface area (Å²) in [6, 6.07) is 7.61. The summed E-state index contributed by atoms with van der Waals surface area (Å²) in [5, 5.41) is 30.8. The molecule has 0 amide bonds. The van der Waals surface area contributed by atoms with Gasteiger partial charge in [0.1, 0.15) is 28.6 Å². The second-order valence-electron chi connectivity index (χ2n) is 8.17. The van der Waals surface area contributed by atoms with Crippen molar-refractivity contribution in [1.82, 2.24) is 0 Å². The van der Waals surface area contributed by atoms with E-state index in [1.807, 2.05) is 45.9 Å². The van der Waals surface area contributed by atoms with Gasteiger partial charge in [0.25, 0.3) is 0 Å². The van der Waals surface area contributed by atoms with Crippen molar-refractivity contribution in [3.63, 3.8) is 0 Å². The second kappa shape index (κ2) is 8.11. The number of fused-ring (bicyclic) bond motifs is 1. The molecule has 156 valence electrons. The second-order valence-corrected chi connectivity index (χ2v) is 8.17. The Hall–Kier alpha value is -3.47. The quantitative estimate of drug-likeness (QED) is 0.261. The largest absolute Gasteiger partial charge is 0.508 e. The molecule has 0 aliphatic carbocycles. The molecule has 0 saturated carbocycles. The normalized spacial score (nSPS) is 14.6. The van der Waals surface area contributed by atoms with E-state index in [4.69, 9.17) is 4.74 Å². The minimum Gasteiger partial charge on any atom is -0.508 e. The first kappa shape index (κ1) is 21.2. The Balaban J connectivity index is 1.90. The molecule has 0 radical (unpaired) electrons. The first-order valence-corrected chi connectivity index (χ1v) is 9.71. The minimum absolute atomic E-state index is 0.0665. The van der Waals surface area contributed by atoms with Crippen molar-refractivity contribution in [3.05, 3.63) is 76.4 Å². The van der Waals surface area contributed by atoms with Gasteiger partial charge in [0, 0.05) is 23.3 Å². The van der Waals surface area contributed by atoms with Gasteiger partial charge < -0.3 is 20.1 Å². The SMILES string of the molecule is CC(C)=CCc1cc(C(O)=CC(=O)c2cc3c(cc2O)OC(C)(C)C=C3)ccc1O. The van der Waals surface area contributed by atoms with Crippen LogP contribution in [0.2, 0.25) is 0 Å². The van der Waals surface area contributed by atoms with Crippen molar-refractivity contribution in [1.29, 1.82) is 0 Å². The van der Waals surface area contributed by atoms with E-state index >= 15 is 0 Å². The lowest BCUT2D eigenvalue weighted by molar-refractivity contribution is 0.104. The predicted molar refractivity (Wildman–Crippen MR) is 118 cm³/mol. The van der Waals surface area contributed by atoms with Gasteiger partial charge in [-0.1, -0.05) is 17.7 Å². The maximum Gasteiger partial charge on any atom is 0.193 e. The number of hydrogen-bond acceptors (Lipinski definition) is 5. The van der Waals surface area contributed by atoms with Crippen LogP contribution in [0.1, 0.15) is 54.7 Å². The molecule has 0 fully saturated rings. The molecule has 1 aliphatic heterocycles. The summed E-state index contributed by atoms with van der Waals surface area (Å²) in [7, 11) is 0. The summed E-state index contributed by atoms with van der Waals surface area (Å²) in [6.07, 6.45) is 7.26. The highest BCUT2D eigenvalue weighted by Gasteiger charge is 2.24. The topological polar surface area (TPSA) is 87.0 Å². The van der Waals surface area contributed by atoms with Crippen LogP contribution in [0.4, 0.5) is 0 Å². The standard InChI is InChI=1S/C25H26O5/c1-15(2)5-6-16-11-17(7-8-20(16)26)21(27)13-22(28)19-12-18-9-10-25(3,4)30-24(18)14-23(19)29/h5,7-14,26-27,29H,6H2,1-4H3. The number of aliphatic hydroxyl groups is 1. The van der Waals surface area contributed by atoms with Gasteiger partial charge in [-0.15, -0.1) is 0 Å². The summed E-state index contributed by atoms with van der Waals surface area (Å²) < 4.78 is 5.80. The van der Waals surface area contributed by atoms with E-state index in [1.165, 1.54) is 18.2 Å². The molecule has 5 nitrogen and oxygen atoms in total. The Kier molecular flexibility index (Phi) is 5.74. The Morgan fingerprint density at radius 3 is 2.53 bits per heavy atom. The van der Waals surface area contributed by atoms with Crippen LogP contribution in [0, 0.1) is 0 Å². The number of phenolic OH excluding ortho intramolecular Hbond substituents is 2. The Morgan fingerprint density at radius 1 is 1.10 bits per heavy atom. The van der Waals surface area contributed by atoms with Crippen LogP contribution in [0.25, 0.3) is 11.8 Å². The number of rotatable bonds is 5. The zero-order valence-electron chi connectivity index (χ0n) is 17.6. The highest BCUT2D eigenvalue weighted by atomic mass is 16.5. The van der Waals surface area contributed by atoms with Gasteiger partial charge in [0.05, 0.1) is 5.56 Å². The molecule has 0 spiro atoms. The number of ether oxygens (including phenoxy) is 1. The lowest BCUT2D eigenvalue weighted by Crippen LogP contribution is -2.27. The summed E-state index contributed by atoms with van der Waals surface area (Å²) in [4.78, 5) is 12.7. The van der Waals surface area contributed by atoms with Gasteiger partial charge in [-0.3, -0.25) is 4.79 Å². The number of hydrogen-bond donors (Lipinski definition) is 3. The smallest absolute Gasteiger partial charge is 0.193 e. The van der Waals surface area contributed by atoms with E-state index < -0.39 is 11.4 Å². The highest BCUT2D eigenvalue weighted by molar-refractivity contribution is 6.10. The number of phenols is 2. The molecule has 1 heterocycles. The lowest BCUT2D eigenvalue weighted by atomic mass is 9.98. The minimum atomic E-state index is -0.537. The molecule has 1 aliphatic rings. The van der Waals surface area contributed by atoms with E-state index in [2.05, 4.69) is 0 Å². The van der Waals surface area contributed by atoms with Crippen LogP contribution >= 0.6 is 0 Å². The Morgan fingerprint density at radius 2 is 1.83 bits per heavy atom. The molecule has 3 N–H and O–H groups in total. The number of allylic oxidation sites excluding steroid dienone is 3. The number of aliphatic hydroxyl groups excluding tert-OH is 1. The van der Waals surface area contributed by atoms with Crippen molar-refractivity contribution in [3.8, 4) is 17.2 Å². The molecule has 3 rings (SSSR count). The summed E-state index contributed by atoms with van der Waals surface area (Å²) in [5.41, 5.74) is 2.40. The molecule has 5 heteroatoms. The third kappa shape index (κ3) is 4.74. The van der Waals surface area contributed by atoms with E-state index in [-0.39, 0.29) is 22.8 Å². The maximum absolute atomic E-state index is 12.7. The van der Waals surface area contributed by atoms with Crippen molar-refractivity contribution in [2.45, 2.75) is 39.7 Å². The van der Waals surface area contributed by atoms with Crippen LogP contribution in [-0.4, -0.2) is 26.7 Å². The van der Waals surface area contributed by atoms with Crippen LogP contribution < -0.4 is 4.74 Å². The predicted octanol–water partition coefficient (Wildman–Crippen LogP) is 5.57. The lowest BCUT2D eigenvalue weighted by Gasteiger charge is -2.28. The molecule has 0 saturated heterocycles. The van der Waals surface area contributed by atoms with Gasteiger partial charge >= 0.3 is 0 Å². The van der Waals surface area contributed by atoms with Gasteiger partial charge in [-0.05, 0) is 70.0 Å². The van der Waals surface area contributed by atoms with Crippen LogP contribution in [0.3, 0.4) is 0 Å². The fourth-order valence-corrected chi connectivity index (χ4v) is 3.12. The molecule has 0 atom stereocenters. The van der Waals surface area contributed by atoms with E-state index in [0.717, 1.165) is 11.6 Å². The molecular formula is C25H26O5. The zero-order valence-corrected chi connectivity index (χ0v) is 17.6. The van der Waals surface area contributed by atoms with E-state index in [9.17, 15) is 20.1 Å². The van der Waals surface area contributed by atoms with Crippen molar-refractivity contribution in [2.75, 3.05) is 0 Å². The highest BCUT2D eigenvalue weighted by Crippen LogP contribution is 2.36. The summed E-state index contributed by atoms with van der Waals surface area (Å²) in [5.74, 6) is -0.387. The molecule has 0 bridgehead atoms. The number of ketones is 1. The van der Waals surface area contributed by atoms with E-state index in [1.54, 1.807) is 12.1 Å². The number of carbonyl (C=O) groups excluding carboxylic acids is 1. The third-order valence-corrected chi connectivity index (χ3v) is 4.80. The Bertz CT molecular complexity index is 1080. The number of aromatic hydroxyl groups is 2. The summed E-state index contributed by atoms with van der Waals surface area (Å²) >= 11 is 0. The molecule has 2 aromatic rings. The fraction of sp³-hybridized carbons (Fsp3) is 0.240. The fourth-order valence-electron chi connectivity index (χ4n) is 3.12. The van der Waals surface area contributed by atoms with Crippen molar-refractivity contribution >= 4 is 17.6 Å². The van der Waals surface area contributed by atoms with Gasteiger partial charge in [0.15, 0.2) is 5.78 Å². The van der Waals surface area contributed by atoms with E-state index in [0.29, 0.717) is 28.9 Å². The maximum atomic E-state index is 12.7. The van der Waals surface area contributed by atoms with Crippen LogP contribution in [0.15, 0.2) is 54.1 Å². The first-order chi connectivity index (χ1) is 14.1.